The zero-order valence-electron chi connectivity index (χ0n) is 38.9. The maximum absolute atomic E-state index is 5.35. The molecule has 0 aliphatic carbocycles. The highest BCUT2D eigenvalue weighted by atomic mass is 15.0. The van der Waals surface area contributed by atoms with E-state index in [0.29, 0.717) is 0 Å². The van der Waals surface area contributed by atoms with Crippen molar-refractivity contribution in [2.75, 3.05) is 0 Å². The van der Waals surface area contributed by atoms with Crippen LogP contribution in [0.4, 0.5) is 0 Å². The molecule has 0 bridgehead atoms. The minimum Gasteiger partial charge on any atom is -0.309 e. The fraction of sp³-hybridized carbons (Fsp3) is 0.0455. The van der Waals surface area contributed by atoms with Crippen LogP contribution in [-0.4, -0.2) is 9.55 Å². The predicted octanol–water partition coefficient (Wildman–Crippen LogP) is 18.5. The Bertz CT molecular complexity index is 3460. The average molecular weight is 875 g/mol. The minimum atomic E-state index is 0.916. The molecule has 0 N–H and O–H groups in total. The molecule has 68 heavy (non-hydrogen) atoms. The van der Waals surface area contributed by atoms with Gasteiger partial charge in [0.05, 0.1) is 22.4 Å². The monoisotopic (exact) mass is 874 g/mol. The number of allylic oxidation sites excluding steroid dienone is 9. The number of fused-ring (bicyclic) bond motifs is 3. The topological polar surface area (TPSA) is 17.8 Å². The molecule has 2 heteroatoms. The van der Waals surface area contributed by atoms with E-state index in [-0.39, 0.29) is 0 Å². The van der Waals surface area contributed by atoms with Crippen molar-refractivity contribution < 1.29 is 0 Å². The minimum absolute atomic E-state index is 0.916. The van der Waals surface area contributed by atoms with Crippen molar-refractivity contribution >= 4 is 27.4 Å². The number of pyridine rings is 1. The molecule has 2 nitrogen and oxygen atoms in total. The summed E-state index contributed by atoms with van der Waals surface area (Å²) >= 11 is 0. The zero-order chi connectivity index (χ0) is 46.7. The van der Waals surface area contributed by atoms with Gasteiger partial charge in [0.15, 0.2) is 0 Å². The lowest BCUT2D eigenvalue weighted by Gasteiger charge is -2.14. The molecule has 0 aliphatic rings. The van der Waals surface area contributed by atoms with E-state index in [4.69, 9.17) is 4.98 Å². The average Bonchev–Trinajstić information content (AvgIpc) is 3.74. The molecule has 0 atom stereocenters. The first-order valence-corrected chi connectivity index (χ1v) is 23.3. The number of benzene rings is 8. The van der Waals surface area contributed by atoms with Gasteiger partial charge in [0.2, 0.25) is 0 Å². The van der Waals surface area contributed by atoms with Gasteiger partial charge in [0.25, 0.3) is 0 Å². The molecular weight excluding hydrogens is 821 g/mol. The van der Waals surface area contributed by atoms with Gasteiger partial charge in [-0.25, -0.2) is 4.98 Å². The first-order valence-electron chi connectivity index (χ1n) is 23.3. The summed E-state index contributed by atoms with van der Waals surface area (Å²) < 4.78 is 2.40. The van der Waals surface area contributed by atoms with Gasteiger partial charge in [-0.2, -0.15) is 0 Å². The number of rotatable bonds is 11. The Kier molecular flexibility index (Phi) is 13.9. The fourth-order valence-electron chi connectivity index (χ4n) is 8.86. The first kappa shape index (κ1) is 44.6. The summed E-state index contributed by atoms with van der Waals surface area (Å²) in [5.74, 6) is 0. The van der Waals surface area contributed by atoms with Gasteiger partial charge in [-0.15, -0.1) is 0 Å². The summed E-state index contributed by atoms with van der Waals surface area (Å²) in [5.41, 5.74) is 19.0. The van der Waals surface area contributed by atoms with Crippen molar-refractivity contribution in [1.29, 1.82) is 0 Å². The van der Waals surface area contributed by atoms with E-state index in [9.17, 15) is 0 Å². The van der Waals surface area contributed by atoms with Gasteiger partial charge >= 0.3 is 0 Å². The van der Waals surface area contributed by atoms with E-state index in [1.54, 1.807) is 0 Å². The second-order valence-electron chi connectivity index (χ2n) is 16.6. The Labute approximate surface area is 401 Å². The third-order valence-corrected chi connectivity index (χ3v) is 12.1. The van der Waals surface area contributed by atoms with Crippen LogP contribution in [0.5, 0.6) is 0 Å². The Morgan fingerprint density at radius 1 is 0.397 bits per heavy atom. The number of aromatic nitrogens is 2. The normalized spacial score (nSPS) is 11.7. The van der Waals surface area contributed by atoms with Gasteiger partial charge in [0.1, 0.15) is 0 Å². The summed E-state index contributed by atoms with van der Waals surface area (Å²) in [6.07, 6.45) is 16.2. The quantitative estimate of drug-likeness (QED) is 0.118. The number of hydrogen-bond acceptors (Lipinski definition) is 1. The highest BCUT2D eigenvalue weighted by Gasteiger charge is 2.17. The number of nitrogens with zero attached hydrogens (tertiary/aromatic N) is 2. The van der Waals surface area contributed by atoms with Crippen LogP contribution >= 0.6 is 0 Å². The fourth-order valence-corrected chi connectivity index (χ4v) is 8.86. The van der Waals surface area contributed by atoms with Crippen LogP contribution in [0, 0.1) is 0 Å². The smallest absolute Gasteiger partial charge is 0.0716 e. The maximum Gasteiger partial charge on any atom is 0.0716 e. The third kappa shape index (κ3) is 9.82. The first-order chi connectivity index (χ1) is 33.5. The summed E-state index contributed by atoms with van der Waals surface area (Å²) in [4.78, 5) is 5.35. The SMILES string of the molecule is C/C=C\C=C/C.C=C/C=C(\C=C/C)c1ccc2c(c1)c1cc(-c3ccccc3)ccc1n2-c1cccc(-c2cc(-c3cccc(-c4cccc(-c5ccccc5)c4)c3)cc(-c3ccccc3)n2)c1. The molecule has 2 aromatic heterocycles. The summed E-state index contributed by atoms with van der Waals surface area (Å²) in [6.45, 7) is 10.0. The van der Waals surface area contributed by atoms with Gasteiger partial charge in [0, 0.05) is 27.6 Å². The van der Waals surface area contributed by atoms with Crippen molar-refractivity contribution in [2.24, 2.45) is 0 Å². The lowest BCUT2D eigenvalue weighted by Crippen LogP contribution is -1.96. The standard InChI is InChI=1S/C60H44N2.C6H10/c1-3-17-42(18-4-2)50-31-33-59-55(38-50)56-39-51(44-21-10-6-11-22-44)32-34-60(56)62(59)54-30-16-29-52(37-54)58-41-53(40-57(61-58)45-23-12-7-13-24-45)49-28-15-27-48(36-49)47-26-14-25-46(35-47)43-19-8-5-9-20-43;1-3-5-6-4-2/h3-41H,1H2,2H3;3-6H,1-2H3/b18-4-,42-17+;5-3-,6-4-. The van der Waals surface area contributed by atoms with Crippen molar-refractivity contribution in [3.63, 3.8) is 0 Å². The van der Waals surface area contributed by atoms with Crippen molar-refractivity contribution in [3.8, 4) is 72.7 Å². The lowest BCUT2D eigenvalue weighted by molar-refractivity contribution is 1.18. The lowest BCUT2D eigenvalue weighted by atomic mass is 9.95. The van der Waals surface area contributed by atoms with Crippen LogP contribution in [0.3, 0.4) is 0 Å². The molecule has 10 aromatic rings. The highest BCUT2D eigenvalue weighted by Crippen LogP contribution is 2.39. The molecule has 0 spiro atoms. The van der Waals surface area contributed by atoms with Crippen LogP contribution in [-0.2, 0) is 0 Å². The Hall–Kier alpha value is -8.59. The second-order valence-corrected chi connectivity index (χ2v) is 16.6. The Morgan fingerprint density at radius 2 is 0.868 bits per heavy atom. The zero-order valence-corrected chi connectivity index (χ0v) is 38.9. The van der Waals surface area contributed by atoms with Gasteiger partial charge in [-0.3, -0.25) is 0 Å². The van der Waals surface area contributed by atoms with Crippen LogP contribution in [0.25, 0.3) is 100 Å². The van der Waals surface area contributed by atoms with Crippen molar-refractivity contribution in [2.45, 2.75) is 20.8 Å². The maximum atomic E-state index is 5.35. The Balaban J connectivity index is 0.000000905. The molecule has 0 saturated carbocycles. The molecule has 10 rings (SSSR count). The molecule has 0 saturated heterocycles. The molecule has 328 valence electrons. The van der Waals surface area contributed by atoms with E-state index in [1.165, 1.54) is 44.2 Å². The van der Waals surface area contributed by atoms with Crippen LogP contribution in [0.1, 0.15) is 26.3 Å². The van der Waals surface area contributed by atoms with E-state index in [1.807, 2.05) is 44.2 Å². The molecule has 0 fully saturated rings. The van der Waals surface area contributed by atoms with Gasteiger partial charge < -0.3 is 4.57 Å². The van der Waals surface area contributed by atoms with Crippen LogP contribution in [0.15, 0.2) is 268 Å². The summed E-state index contributed by atoms with van der Waals surface area (Å²) in [7, 11) is 0. The Morgan fingerprint density at radius 3 is 1.44 bits per heavy atom. The summed E-state index contributed by atoms with van der Waals surface area (Å²) in [5, 5.41) is 2.40. The molecule has 0 radical (unpaired) electrons. The third-order valence-electron chi connectivity index (χ3n) is 12.1. The molecule has 0 amide bonds. The van der Waals surface area contributed by atoms with E-state index < -0.39 is 0 Å². The van der Waals surface area contributed by atoms with Crippen molar-refractivity contribution in [3.05, 3.63) is 273 Å². The molecular formula is C66H54N2. The number of hydrogen-bond donors (Lipinski definition) is 0. The highest BCUT2D eigenvalue weighted by molar-refractivity contribution is 6.11. The second kappa shape index (κ2) is 21.1. The molecule has 8 aromatic carbocycles. The van der Waals surface area contributed by atoms with Crippen LogP contribution < -0.4 is 0 Å². The van der Waals surface area contributed by atoms with Gasteiger partial charge in [-0.1, -0.05) is 207 Å². The molecule has 0 aliphatic heterocycles. The van der Waals surface area contributed by atoms with E-state index >= 15 is 0 Å². The largest absolute Gasteiger partial charge is 0.309 e. The van der Waals surface area contributed by atoms with Crippen molar-refractivity contribution in [1.82, 2.24) is 9.55 Å². The predicted molar refractivity (Wildman–Crippen MR) is 294 cm³/mol. The molecule has 2 heterocycles. The van der Waals surface area contributed by atoms with Gasteiger partial charge in [-0.05, 0) is 137 Å². The van der Waals surface area contributed by atoms with E-state index in [2.05, 4.69) is 249 Å². The summed E-state index contributed by atoms with van der Waals surface area (Å²) in [6, 6.07) is 76.3. The van der Waals surface area contributed by atoms with Crippen LogP contribution in [0.2, 0.25) is 0 Å². The van der Waals surface area contributed by atoms with E-state index in [0.717, 1.165) is 61.5 Å². The molecule has 0 unspecified atom stereocenters.